The quantitative estimate of drug-likeness (QED) is 0.760. The Bertz CT molecular complexity index is 562. The number of amides is 2. The van der Waals surface area contributed by atoms with E-state index in [4.69, 9.17) is 10.00 Å². The van der Waals surface area contributed by atoms with Crippen LogP contribution in [-0.2, 0) is 9.59 Å². The molecule has 1 rings (SSSR count). The molecule has 22 heavy (non-hydrogen) atoms. The van der Waals surface area contributed by atoms with Crippen LogP contribution in [0.3, 0.4) is 0 Å². The number of nitriles is 1. The Kier molecular flexibility index (Phi) is 6.90. The molecule has 118 valence electrons. The van der Waals surface area contributed by atoms with Gasteiger partial charge in [0.1, 0.15) is 5.75 Å². The first-order chi connectivity index (χ1) is 10.5. The molecule has 0 bridgehead atoms. The van der Waals surface area contributed by atoms with E-state index in [0.717, 1.165) is 0 Å². The van der Waals surface area contributed by atoms with E-state index in [0.29, 0.717) is 24.4 Å². The predicted octanol–water partition coefficient (Wildman–Crippen LogP) is 1.26. The van der Waals surface area contributed by atoms with Gasteiger partial charge in [-0.25, -0.2) is 0 Å². The molecule has 0 aliphatic rings. The van der Waals surface area contributed by atoms with Crippen molar-refractivity contribution in [1.29, 1.82) is 5.26 Å². The van der Waals surface area contributed by atoms with E-state index in [-0.39, 0.29) is 25.0 Å². The van der Waals surface area contributed by atoms with Gasteiger partial charge in [0.2, 0.25) is 5.91 Å². The van der Waals surface area contributed by atoms with Crippen LogP contribution in [0.15, 0.2) is 24.3 Å². The number of hydrogen-bond donors (Lipinski definition) is 0. The zero-order valence-electron chi connectivity index (χ0n) is 13.2. The lowest BCUT2D eigenvalue weighted by Gasteiger charge is -2.23. The lowest BCUT2D eigenvalue weighted by molar-refractivity contribution is -0.140. The van der Waals surface area contributed by atoms with Crippen molar-refractivity contribution in [2.75, 3.05) is 33.3 Å². The fourth-order valence-corrected chi connectivity index (χ4v) is 1.88. The van der Waals surface area contributed by atoms with Crippen molar-refractivity contribution in [3.63, 3.8) is 0 Å². The fraction of sp³-hybridized carbons (Fsp3) is 0.438. The minimum Gasteiger partial charge on any atom is -0.484 e. The summed E-state index contributed by atoms with van der Waals surface area (Å²) in [6.07, 6.45) is 0. The first-order valence-electron chi connectivity index (χ1n) is 7.16. The van der Waals surface area contributed by atoms with E-state index in [1.807, 2.05) is 19.9 Å². The number of nitrogens with zero attached hydrogens (tertiary/aromatic N) is 3. The van der Waals surface area contributed by atoms with Crippen LogP contribution in [0.25, 0.3) is 0 Å². The van der Waals surface area contributed by atoms with Crippen LogP contribution in [0.1, 0.15) is 19.4 Å². The third-order valence-electron chi connectivity index (χ3n) is 3.24. The van der Waals surface area contributed by atoms with Crippen LogP contribution in [0.4, 0.5) is 0 Å². The monoisotopic (exact) mass is 303 g/mol. The summed E-state index contributed by atoms with van der Waals surface area (Å²) in [5, 5.41) is 8.80. The van der Waals surface area contributed by atoms with Crippen LogP contribution in [-0.4, -0.2) is 54.9 Å². The van der Waals surface area contributed by atoms with Crippen molar-refractivity contribution in [3.8, 4) is 11.8 Å². The number of hydrogen-bond acceptors (Lipinski definition) is 4. The third-order valence-corrected chi connectivity index (χ3v) is 3.24. The largest absolute Gasteiger partial charge is 0.484 e. The standard InChI is InChI=1S/C16H21N3O3/c1-4-19(5-2)15(20)11-18(3)16(21)12-22-14-8-6-7-13(9-14)10-17/h6-9H,4-5,11-12H2,1-3H3. The zero-order chi connectivity index (χ0) is 16.5. The number of carbonyl (C=O) groups is 2. The SMILES string of the molecule is CCN(CC)C(=O)CN(C)C(=O)COc1cccc(C#N)c1. The fourth-order valence-electron chi connectivity index (χ4n) is 1.88. The molecule has 0 aliphatic carbocycles. The average molecular weight is 303 g/mol. The van der Waals surface area contributed by atoms with Gasteiger partial charge in [0, 0.05) is 20.1 Å². The second-order valence-electron chi connectivity index (χ2n) is 4.74. The molecule has 0 saturated carbocycles. The highest BCUT2D eigenvalue weighted by molar-refractivity contribution is 5.85. The summed E-state index contributed by atoms with van der Waals surface area (Å²) in [6, 6.07) is 8.59. The van der Waals surface area contributed by atoms with E-state index in [1.165, 1.54) is 4.90 Å². The lowest BCUT2D eigenvalue weighted by atomic mass is 10.2. The van der Waals surface area contributed by atoms with Crippen LogP contribution in [0.5, 0.6) is 5.75 Å². The molecule has 0 fully saturated rings. The highest BCUT2D eigenvalue weighted by Crippen LogP contribution is 2.12. The van der Waals surface area contributed by atoms with Crippen LogP contribution >= 0.6 is 0 Å². The maximum atomic E-state index is 12.0. The average Bonchev–Trinajstić information content (AvgIpc) is 2.53. The summed E-state index contributed by atoms with van der Waals surface area (Å²) >= 11 is 0. The molecular weight excluding hydrogens is 282 g/mol. The van der Waals surface area contributed by atoms with E-state index in [2.05, 4.69) is 0 Å². The molecule has 6 heteroatoms. The van der Waals surface area contributed by atoms with Gasteiger partial charge in [-0.2, -0.15) is 5.26 Å². The minimum absolute atomic E-state index is 0.0299. The van der Waals surface area contributed by atoms with Crippen LogP contribution in [0.2, 0.25) is 0 Å². The molecule has 6 nitrogen and oxygen atoms in total. The van der Waals surface area contributed by atoms with Gasteiger partial charge in [0.05, 0.1) is 18.2 Å². The molecule has 0 N–H and O–H groups in total. The molecule has 0 aromatic heterocycles. The Hall–Kier alpha value is -2.55. The second kappa shape index (κ2) is 8.67. The summed E-state index contributed by atoms with van der Waals surface area (Å²) in [5.41, 5.74) is 0.468. The molecule has 1 aromatic carbocycles. The number of likely N-dealkylation sites (N-methyl/N-ethyl adjacent to an activating group) is 2. The predicted molar refractivity (Wildman–Crippen MR) is 82.2 cm³/mol. The minimum atomic E-state index is -0.289. The summed E-state index contributed by atoms with van der Waals surface area (Å²) in [7, 11) is 1.57. The van der Waals surface area contributed by atoms with Gasteiger partial charge in [0.25, 0.3) is 5.91 Å². The Morgan fingerprint density at radius 2 is 1.91 bits per heavy atom. The molecule has 1 aromatic rings. The van der Waals surface area contributed by atoms with Gasteiger partial charge in [-0.15, -0.1) is 0 Å². The molecule has 0 aliphatic heterocycles. The van der Waals surface area contributed by atoms with Crippen molar-refractivity contribution in [1.82, 2.24) is 9.80 Å². The smallest absolute Gasteiger partial charge is 0.260 e. The highest BCUT2D eigenvalue weighted by Gasteiger charge is 2.16. The highest BCUT2D eigenvalue weighted by atomic mass is 16.5. The van der Waals surface area contributed by atoms with E-state index < -0.39 is 0 Å². The van der Waals surface area contributed by atoms with Gasteiger partial charge in [-0.05, 0) is 32.0 Å². The van der Waals surface area contributed by atoms with Gasteiger partial charge in [0.15, 0.2) is 6.61 Å². The molecule has 0 atom stereocenters. The molecule has 0 spiro atoms. The summed E-state index contributed by atoms with van der Waals surface area (Å²) in [4.78, 5) is 26.9. The Morgan fingerprint density at radius 1 is 1.23 bits per heavy atom. The second-order valence-corrected chi connectivity index (χ2v) is 4.74. The summed E-state index contributed by atoms with van der Waals surface area (Å²) in [6.45, 7) is 4.89. The first kappa shape index (κ1) is 17.5. The van der Waals surface area contributed by atoms with Crippen LogP contribution in [0, 0.1) is 11.3 Å². The number of ether oxygens (including phenoxy) is 1. The third kappa shape index (κ3) is 5.09. The topological polar surface area (TPSA) is 73.6 Å². The van der Waals surface area contributed by atoms with Crippen molar-refractivity contribution >= 4 is 11.8 Å². The Balaban J connectivity index is 2.50. The van der Waals surface area contributed by atoms with Crippen molar-refractivity contribution in [2.24, 2.45) is 0 Å². The zero-order valence-corrected chi connectivity index (χ0v) is 13.2. The summed E-state index contributed by atoms with van der Waals surface area (Å²) < 4.78 is 5.36. The summed E-state index contributed by atoms with van der Waals surface area (Å²) in [5.74, 6) is 0.0751. The lowest BCUT2D eigenvalue weighted by Crippen LogP contribution is -2.42. The van der Waals surface area contributed by atoms with Gasteiger partial charge in [-0.3, -0.25) is 9.59 Å². The maximum Gasteiger partial charge on any atom is 0.260 e. The van der Waals surface area contributed by atoms with E-state index in [1.54, 1.807) is 36.2 Å². The molecule has 0 heterocycles. The van der Waals surface area contributed by atoms with Crippen molar-refractivity contribution in [3.05, 3.63) is 29.8 Å². The number of rotatable bonds is 7. The first-order valence-corrected chi connectivity index (χ1v) is 7.16. The van der Waals surface area contributed by atoms with E-state index >= 15 is 0 Å². The van der Waals surface area contributed by atoms with E-state index in [9.17, 15) is 9.59 Å². The van der Waals surface area contributed by atoms with Gasteiger partial charge >= 0.3 is 0 Å². The molecule has 2 amide bonds. The molecule has 0 radical (unpaired) electrons. The molecule has 0 unspecified atom stereocenters. The number of benzene rings is 1. The van der Waals surface area contributed by atoms with Gasteiger partial charge < -0.3 is 14.5 Å². The maximum absolute atomic E-state index is 12.0. The normalized spacial score (nSPS) is 9.73. The van der Waals surface area contributed by atoms with Crippen molar-refractivity contribution in [2.45, 2.75) is 13.8 Å². The molecule has 0 saturated heterocycles. The Morgan fingerprint density at radius 3 is 2.50 bits per heavy atom. The van der Waals surface area contributed by atoms with Crippen molar-refractivity contribution < 1.29 is 14.3 Å². The Labute approximate surface area is 130 Å². The molecular formula is C16H21N3O3. The number of carbonyl (C=O) groups excluding carboxylic acids is 2. The van der Waals surface area contributed by atoms with Gasteiger partial charge in [-0.1, -0.05) is 6.07 Å². The van der Waals surface area contributed by atoms with Crippen LogP contribution < -0.4 is 4.74 Å².